The molecule has 0 atom stereocenters. The maximum atomic E-state index is 12.4. The molecule has 3 rings (SSSR count). The van der Waals surface area contributed by atoms with Crippen LogP contribution in [0.25, 0.3) is 0 Å². The van der Waals surface area contributed by atoms with Gasteiger partial charge in [-0.3, -0.25) is 9.36 Å². The summed E-state index contributed by atoms with van der Waals surface area (Å²) < 4.78 is 13.5. The number of carbonyl (C=O) groups is 1. The zero-order valence-corrected chi connectivity index (χ0v) is 15.2. The number of hydrogen-bond acceptors (Lipinski definition) is 5. The van der Waals surface area contributed by atoms with Crippen LogP contribution in [-0.2, 0) is 30.8 Å². The molecule has 1 N–H and O–H groups in total. The van der Waals surface area contributed by atoms with E-state index in [1.54, 1.807) is 24.9 Å². The molecule has 0 fully saturated rings. The molecule has 8 nitrogen and oxygen atoms in total. The molecule has 0 bridgehead atoms. The van der Waals surface area contributed by atoms with E-state index in [2.05, 4.69) is 10.4 Å². The second-order valence-corrected chi connectivity index (χ2v) is 6.25. The SMILES string of the molecule is COc1cccc(CNC(=O)Cn2nc3n(c2=O)CCCCC3)c1OC. The molecular weight excluding hydrogens is 336 g/mol. The van der Waals surface area contributed by atoms with Gasteiger partial charge in [0, 0.05) is 25.1 Å². The number of nitrogens with one attached hydrogen (secondary N) is 1. The highest BCUT2D eigenvalue weighted by Gasteiger charge is 2.17. The van der Waals surface area contributed by atoms with Crippen molar-refractivity contribution in [2.45, 2.75) is 45.3 Å². The minimum absolute atomic E-state index is 0.0921. The fourth-order valence-corrected chi connectivity index (χ4v) is 3.21. The second kappa shape index (κ2) is 8.07. The highest BCUT2D eigenvalue weighted by atomic mass is 16.5. The van der Waals surface area contributed by atoms with Crippen molar-refractivity contribution in [3.8, 4) is 11.5 Å². The van der Waals surface area contributed by atoms with Crippen LogP contribution in [0.5, 0.6) is 11.5 Å². The van der Waals surface area contributed by atoms with Crippen molar-refractivity contribution in [2.75, 3.05) is 14.2 Å². The number of fused-ring (bicyclic) bond motifs is 1. The molecule has 0 radical (unpaired) electrons. The monoisotopic (exact) mass is 360 g/mol. The van der Waals surface area contributed by atoms with Crippen molar-refractivity contribution in [1.29, 1.82) is 0 Å². The molecule has 1 aliphatic rings. The molecule has 1 aliphatic heterocycles. The summed E-state index contributed by atoms with van der Waals surface area (Å²) in [7, 11) is 3.12. The molecule has 140 valence electrons. The van der Waals surface area contributed by atoms with E-state index in [1.165, 1.54) is 4.68 Å². The van der Waals surface area contributed by atoms with Crippen LogP contribution in [0.2, 0.25) is 0 Å². The molecular formula is C18H24N4O4. The van der Waals surface area contributed by atoms with Gasteiger partial charge in [-0.05, 0) is 18.9 Å². The predicted octanol–water partition coefficient (Wildman–Crippen LogP) is 1.10. The average molecular weight is 360 g/mol. The van der Waals surface area contributed by atoms with Crippen molar-refractivity contribution in [3.63, 3.8) is 0 Å². The van der Waals surface area contributed by atoms with E-state index in [0.717, 1.165) is 37.1 Å². The number of rotatable bonds is 6. The largest absolute Gasteiger partial charge is 0.493 e. The Kier molecular flexibility index (Phi) is 5.60. The lowest BCUT2D eigenvalue weighted by Gasteiger charge is -2.13. The summed E-state index contributed by atoms with van der Waals surface area (Å²) in [4.78, 5) is 24.7. The van der Waals surface area contributed by atoms with Gasteiger partial charge in [0.05, 0.1) is 14.2 Å². The number of hydrogen-bond donors (Lipinski definition) is 1. The van der Waals surface area contributed by atoms with E-state index < -0.39 is 0 Å². The molecule has 1 aromatic heterocycles. The Bertz CT molecular complexity index is 840. The Balaban J connectivity index is 1.66. The molecule has 0 unspecified atom stereocenters. The first-order chi connectivity index (χ1) is 12.6. The van der Waals surface area contributed by atoms with E-state index in [4.69, 9.17) is 9.47 Å². The third kappa shape index (κ3) is 3.74. The number of para-hydroxylation sites is 1. The minimum atomic E-state index is -0.273. The molecule has 26 heavy (non-hydrogen) atoms. The van der Waals surface area contributed by atoms with Crippen molar-refractivity contribution in [2.24, 2.45) is 0 Å². The van der Waals surface area contributed by atoms with Gasteiger partial charge in [0.15, 0.2) is 11.5 Å². The predicted molar refractivity (Wildman–Crippen MR) is 95.4 cm³/mol. The van der Waals surface area contributed by atoms with Crippen LogP contribution in [0.15, 0.2) is 23.0 Å². The lowest BCUT2D eigenvalue weighted by molar-refractivity contribution is -0.122. The normalized spacial score (nSPS) is 13.6. The molecule has 8 heteroatoms. The second-order valence-electron chi connectivity index (χ2n) is 6.25. The van der Waals surface area contributed by atoms with Gasteiger partial charge in [0.1, 0.15) is 12.4 Å². The van der Waals surface area contributed by atoms with Gasteiger partial charge in [-0.15, -0.1) is 0 Å². The Labute approximate surface area is 151 Å². The van der Waals surface area contributed by atoms with Crippen molar-refractivity contribution in [3.05, 3.63) is 40.1 Å². The number of aromatic nitrogens is 3. The quantitative estimate of drug-likeness (QED) is 0.834. The van der Waals surface area contributed by atoms with Crippen LogP contribution in [0.4, 0.5) is 0 Å². The summed E-state index contributed by atoms with van der Waals surface area (Å²) in [6, 6.07) is 5.48. The van der Waals surface area contributed by atoms with Gasteiger partial charge >= 0.3 is 5.69 Å². The number of ether oxygens (including phenoxy) is 2. The van der Waals surface area contributed by atoms with Crippen LogP contribution in [-0.4, -0.2) is 34.5 Å². The fraction of sp³-hybridized carbons (Fsp3) is 0.500. The summed E-state index contributed by atoms with van der Waals surface area (Å²) in [5.41, 5.74) is 0.587. The molecule has 0 aliphatic carbocycles. The number of nitrogens with zero attached hydrogens (tertiary/aromatic N) is 3. The van der Waals surface area contributed by atoms with Crippen LogP contribution in [0.1, 0.15) is 30.7 Å². The molecule has 0 saturated heterocycles. The number of aryl methyl sites for hydroxylation is 1. The summed E-state index contributed by atoms with van der Waals surface area (Å²) in [5, 5.41) is 7.14. The molecule has 1 aromatic carbocycles. The van der Waals surface area contributed by atoms with Gasteiger partial charge in [-0.2, -0.15) is 5.10 Å². The van der Waals surface area contributed by atoms with E-state index in [-0.39, 0.29) is 24.7 Å². The van der Waals surface area contributed by atoms with Crippen LogP contribution >= 0.6 is 0 Å². The Morgan fingerprint density at radius 1 is 1.23 bits per heavy atom. The fourth-order valence-electron chi connectivity index (χ4n) is 3.21. The number of methoxy groups -OCH3 is 2. The Morgan fingerprint density at radius 2 is 2.08 bits per heavy atom. The Morgan fingerprint density at radius 3 is 2.85 bits per heavy atom. The maximum absolute atomic E-state index is 12.4. The van der Waals surface area contributed by atoms with E-state index in [9.17, 15) is 9.59 Å². The zero-order chi connectivity index (χ0) is 18.5. The molecule has 0 saturated carbocycles. The Hall–Kier alpha value is -2.77. The summed E-state index contributed by atoms with van der Waals surface area (Å²) in [6.07, 6.45) is 3.88. The van der Waals surface area contributed by atoms with Gasteiger partial charge in [0.2, 0.25) is 5.91 Å². The first kappa shape index (κ1) is 18.0. The highest BCUT2D eigenvalue weighted by Crippen LogP contribution is 2.30. The third-order valence-electron chi connectivity index (χ3n) is 4.54. The topological polar surface area (TPSA) is 87.4 Å². The zero-order valence-electron chi connectivity index (χ0n) is 15.2. The van der Waals surface area contributed by atoms with Crippen LogP contribution in [0, 0.1) is 0 Å². The van der Waals surface area contributed by atoms with Crippen molar-refractivity contribution >= 4 is 5.91 Å². The minimum Gasteiger partial charge on any atom is -0.493 e. The standard InChI is InChI=1S/C18H24N4O4/c1-25-14-8-6-7-13(17(14)26-2)11-19-16(23)12-22-18(24)21-10-5-3-4-9-15(21)20-22/h6-8H,3-5,9-12H2,1-2H3,(H,19,23). The van der Waals surface area contributed by atoms with Crippen LogP contribution in [0.3, 0.4) is 0 Å². The van der Waals surface area contributed by atoms with E-state index in [0.29, 0.717) is 18.0 Å². The molecule has 0 spiro atoms. The number of carbonyl (C=O) groups excluding carboxylic acids is 1. The average Bonchev–Trinajstić information content (AvgIpc) is 2.82. The first-order valence-corrected chi connectivity index (χ1v) is 8.77. The summed E-state index contributed by atoms with van der Waals surface area (Å²) in [6.45, 7) is 0.865. The number of benzene rings is 1. The highest BCUT2D eigenvalue weighted by molar-refractivity contribution is 5.75. The van der Waals surface area contributed by atoms with E-state index in [1.807, 2.05) is 12.1 Å². The third-order valence-corrected chi connectivity index (χ3v) is 4.54. The lowest BCUT2D eigenvalue weighted by Crippen LogP contribution is -2.33. The first-order valence-electron chi connectivity index (χ1n) is 8.77. The van der Waals surface area contributed by atoms with Gasteiger partial charge in [-0.1, -0.05) is 18.6 Å². The van der Waals surface area contributed by atoms with Crippen molar-refractivity contribution in [1.82, 2.24) is 19.7 Å². The molecule has 2 heterocycles. The lowest BCUT2D eigenvalue weighted by atomic mass is 10.2. The summed E-state index contributed by atoms with van der Waals surface area (Å²) >= 11 is 0. The van der Waals surface area contributed by atoms with Gasteiger partial charge in [0.25, 0.3) is 0 Å². The number of amides is 1. The molecule has 2 aromatic rings. The van der Waals surface area contributed by atoms with Crippen LogP contribution < -0.4 is 20.5 Å². The summed E-state index contributed by atoms with van der Waals surface area (Å²) in [5.74, 6) is 1.69. The van der Waals surface area contributed by atoms with E-state index >= 15 is 0 Å². The van der Waals surface area contributed by atoms with Gasteiger partial charge < -0.3 is 14.8 Å². The smallest absolute Gasteiger partial charge is 0.346 e. The molecule has 1 amide bonds. The van der Waals surface area contributed by atoms with Gasteiger partial charge in [-0.25, -0.2) is 9.48 Å². The van der Waals surface area contributed by atoms with Crippen molar-refractivity contribution < 1.29 is 14.3 Å². The maximum Gasteiger partial charge on any atom is 0.346 e.